The summed E-state index contributed by atoms with van der Waals surface area (Å²) < 4.78 is 0. The number of pyridine rings is 2. The smallest absolute Gasteiger partial charge is 0.0723 e. The van der Waals surface area contributed by atoms with Crippen LogP contribution in [-0.4, -0.2) is 9.97 Å². The van der Waals surface area contributed by atoms with Crippen molar-refractivity contribution in [3.8, 4) is 0 Å². The number of nitrogens with zero attached hydrogens (tertiary/aromatic N) is 4. The molecule has 3 aliphatic carbocycles. The van der Waals surface area contributed by atoms with Gasteiger partial charge in [0.1, 0.15) is 0 Å². The van der Waals surface area contributed by atoms with Gasteiger partial charge >= 0.3 is 0 Å². The Labute approximate surface area is 347 Å². The molecule has 2 aromatic heterocycles. The summed E-state index contributed by atoms with van der Waals surface area (Å²) in [5.74, 6) is 0. The Morgan fingerprint density at radius 3 is 1.90 bits per heavy atom. The number of para-hydroxylation sites is 3. The number of benzene rings is 5. The van der Waals surface area contributed by atoms with Crippen LogP contribution in [0.1, 0.15) is 69.2 Å². The molecule has 288 valence electrons. The average molecular weight is 765 g/mol. The Morgan fingerprint density at radius 2 is 1.22 bits per heavy atom. The van der Waals surface area contributed by atoms with E-state index in [9.17, 15) is 0 Å². The van der Waals surface area contributed by atoms with Crippen molar-refractivity contribution in [2.75, 3.05) is 9.80 Å². The van der Waals surface area contributed by atoms with E-state index in [4.69, 9.17) is 16.5 Å². The molecule has 10 rings (SSSR count). The SMILES string of the molecule is C=C1C=C2/C(=C\CC(C)(C)c3cc(N(c4ccccc4)c4ccnc5ccccc45)ccc31)c1ccc(N(C3=CC=CCC3)c3ccnc4ccccc34)cc1C2(C)C. The molecule has 0 bridgehead atoms. The molecule has 3 aliphatic rings. The second-order valence-electron chi connectivity index (χ2n) is 17.2. The Balaban J connectivity index is 1.08. The Hall–Kier alpha value is -6.78. The van der Waals surface area contributed by atoms with Crippen molar-refractivity contribution in [1.82, 2.24) is 9.97 Å². The molecular weight excluding hydrogens is 717 g/mol. The molecule has 0 saturated carbocycles. The van der Waals surface area contributed by atoms with Crippen molar-refractivity contribution in [2.24, 2.45) is 0 Å². The Morgan fingerprint density at radius 1 is 0.610 bits per heavy atom. The lowest BCUT2D eigenvalue weighted by Crippen LogP contribution is -2.20. The molecule has 0 radical (unpaired) electrons. The standard InChI is InChI=1S/C55H48N4/c1-37-34-48-44(43-27-25-41(36-49(43)55(48,4)5)59(39-18-10-7-11-19-39)53-30-33-57-51-23-15-13-21-46(51)53)28-31-54(2,3)47-35-40(24-26-42(37)47)58(38-16-8-6-9-17-38)52-29-32-56-50-22-14-12-20-45(50)52/h6-10,12-18,20-30,32-36H,1,11,19,31H2,2-5H3/b44-28-,48-34?. The summed E-state index contributed by atoms with van der Waals surface area (Å²) in [7, 11) is 0. The lowest BCUT2D eigenvalue weighted by molar-refractivity contribution is 0.533. The number of hydrogen-bond donors (Lipinski definition) is 0. The fraction of sp³-hybridized carbons (Fsp3) is 0.164. The minimum absolute atomic E-state index is 0.194. The molecule has 4 heteroatoms. The predicted molar refractivity (Wildman–Crippen MR) is 249 cm³/mol. The highest BCUT2D eigenvalue weighted by molar-refractivity contribution is 5.99. The number of fused-ring (bicyclic) bond motifs is 6. The van der Waals surface area contributed by atoms with Crippen LogP contribution >= 0.6 is 0 Å². The second kappa shape index (κ2) is 14.2. The van der Waals surface area contributed by atoms with Crippen LogP contribution in [0.3, 0.4) is 0 Å². The van der Waals surface area contributed by atoms with Gasteiger partial charge in [0.25, 0.3) is 0 Å². The maximum atomic E-state index is 4.81. The number of rotatable bonds is 6. The van der Waals surface area contributed by atoms with Crippen molar-refractivity contribution in [3.05, 3.63) is 210 Å². The van der Waals surface area contributed by atoms with Crippen molar-refractivity contribution < 1.29 is 0 Å². The van der Waals surface area contributed by atoms with Gasteiger partial charge in [0.15, 0.2) is 0 Å². The van der Waals surface area contributed by atoms with E-state index in [0.717, 1.165) is 69.4 Å². The van der Waals surface area contributed by atoms with Gasteiger partial charge in [-0.05, 0) is 130 Å². The molecule has 2 heterocycles. The van der Waals surface area contributed by atoms with Crippen molar-refractivity contribution in [2.45, 2.75) is 57.8 Å². The van der Waals surface area contributed by atoms with Gasteiger partial charge in [-0.25, -0.2) is 0 Å². The van der Waals surface area contributed by atoms with E-state index >= 15 is 0 Å². The van der Waals surface area contributed by atoms with E-state index in [1.54, 1.807) is 0 Å². The van der Waals surface area contributed by atoms with Crippen molar-refractivity contribution in [3.63, 3.8) is 0 Å². The fourth-order valence-electron chi connectivity index (χ4n) is 9.55. The molecule has 0 N–H and O–H groups in total. The zero-order chi connectivity index (χ0) is 40.3. The zero-order valence-electron chi connectivity index (χ0n) is 34.3. The predicted octanol–water partition coefficient (Wildman–Crippen LogP) is 14.6. The van der Waals surface area contributed by atoms with Crippen LogP contribution in [0.15, 0.2) is 188 Å². The number of aromatic nitrogens is 2. The first kappa shape index (κ1) is 36.6. The molecule has 0 unspecified atom stereocenters. The highest BCUT2D eigenvalue weighted by atomic mass is 15.2. The Kier molecular flexibility index (Phi) is 8.83. The van der Waals surface area contributed by atoms with Gasteiger partial charge in [0.2, 0.25) is 0 Å². The largest absolute Gasteiger partial charge is 0.313 e. The van der Waals surface area contributed by atoms with Gasteiger partial charge in [-0.2, -0.15) is 0 Å². The third-order valence-electron chi connectivity index (χ3n) is 12.7. The van der Waals surface area contributed by atoms with E-state index in [1.165, 1.54) is 44.8 Å². The lowest BCUT2D eigenvalue weighted by Gasteiger charge is -2.32. The van der Waals surface area contributed by atoms with E-state index in [2.05, 4.69) is 195 Å². The molecule has 7 aromatic rings. The van der Waals surface area contributed by atoms with E-state index in [-0.39, 0.29) is 10.8 Å². The first-order valence-electron chi connectivity index (χ1n) is 20.8. The average Bonchev–Trinajstić information content (AvgIpc) is 3.49. The summed E-state index contributed by atoms with van der Waals surface area (Å²) in [6.45, 7) is 14.3. The van der Waals surface area contributed by atoms with E-state index in [1.807, 2.05) is 12.4 Å². The first-order chi connectivity index (χ1) is 28.7. The van der Waals surface area contributed by atoms with E-state index in [0.29, 0.717) is 0 Å². The quantitative estimate of drug-likeness (QED) is 0.169. The molecule has 0 spiro atoms. The molecule has 0 amide bonds. The minimum atomic E-state index is -0.256. The highest BCUT2D eigenvalue weighted by Crippen LogP contribution is 2.54. The zero-order valence-corrected chi connectivity index (χ0v) is 34.3. The molecule has 59 heavy (non-hydrogen) atoms. The lowest BCUT2D eigenvalue weighted by atomic mass is 9.77. The number of anilines is 5. The summed E-state index contributed by atoms with van der Waals surface area (Å²) in [6.07, 6.45) is 18.3. The van der Waals surface area contributed by atoms with Crippen LogP contribution in [0.5, 0.6) is 0 Å². The summed E-state index contributed by atoms with van der Waals surface area (Å²) in [4.78, 5) is 14.3. The molecule has 0 fully saturated rings. The van der Waals surface area contributed by atoms with Crippen LogP contribution in [0.25, 0.3) is 33.0 Å². The molecular formula is C55H48N4. The van der Waals surface area contributed by atoms with Gasteiger partial charge in [-0.3, -0.25) is 9.97 Å². The molecule has 5 aromatic carbocycles. The van der Waals surface area contributed by atoms with Crippen LogP contribution in [0.2, 0.25) is 0 Å². The third-order valence-corrected chi connectivity index (χ3v) is 12.7. The maximum Gasteiger partial charge on any atom is 0.0723 e. The first-order valence-corrected chi connectivity index (χ1v) is 20.8. The topological polar surface area (TPSA) is 32.3 Å². The van der Waals surface area contributed by atoms with Crippen LogP contribution in [-0.2, 0) is 10.8 Å². The summed E-state index contributed by atoms with van der Waals surface area (Å²) in [6, 6.07) is 45.9. The molecule has 4 nitrogen and oxygen atoms in total. The summed E-state index contributed by atoms with van der Waals surface area (Å²) >= 11 is 0. The minimum Gasteiger partial charge on any atom is -0.313 e. The van der Waals surface area contributed by atoms with Gasteiger partial charge in [0.05, 0.1) is 22.4 Å². The molecule has 0 atom stereocenters. The van der Waals surface area contributed by atoms with Gasteiger partial charge in [0, 0.05) is 51.3 Å². The summed E-state index contributed by atoms with van der Waals surface area (Å²) in [5, 5.41) is 2.26. The van der Waals surface area contributed by atoms with Crippen LogP contribution in [0, 0.1) is 0 Å². The number of allylic oxidation sites excluding steroid dienone is 9. The maximum absolute atomic E-state index is 4.81. The van der Waals surface area contributed by atoms with Gasteiger partial charge in [-0.15, -0.1) is 0 Å². The second-order valence-corrected chi connectivity index (χ2v) is 17.2. The Bertz CT molecular complexity index is 2930. The normalized spacial score (nSPS) is 17.4. The van der Waals surface area contributed by atoms with Gasteiger partial charge in [-0.1, -0.05) is 125 Å². The molecule has 0 aliphatic heterocycles. The van der Waals surface area contributed by atoms with Crippen LogP contribution < -0.4 is 9.80 Å². The fourth-order valence-corrected chi connectivity index (χ4v) is 9.55. The molecule has 0 saturated heterocycles. The third kappa shape index (κ3) is 6.22. The van der Waals surface area contributed by atoms with Crippen molar-refractivity contribution in [1.29, 1.82) is 0 Å². The van der Waals surface area contributed by atoms with Crippen LogP contribution in [0.4, 0.5) is 28.4 Å². The highest BCUT2D eigenvalue weighted by Gasteiger charge is 2.40. The monoisotopic (exact) mass is 764 g/mol. The van der Waals surface area contributed by atoms with E-state index < -0.39 is 0 Å². The number of hydrogen-bond acceptors (Lipinski definition) is 4. The summed E-state index contributed by atoms with van der Waals surface area (Å²) in [5.41, 5.74) is 17.2. The van der Waals surface area contributed by atoms with Gasteiger partial charge < -0.3 is 9.80 Å². The van der Waals surface area contributed by atoms with Crippen molar-refractivity contribution >= 4 is 61.4 Å².